The minimum Gasteiger partial charge on any atom is -0.494 e. The number of nitrogens with one attached hydrogen (secondary N) is 1. The Labute approximate surface area is 182 Å². The van der Waals surface area contributed by atoms with Gasteiger partial charge in [-0.1, -0.05) is 0 Å². The van der Waals surface area contributed by atoms with Crippen LogP contribution in [-0.2, 0) is 4.74 Å². The molecule has 1 aliphatic rings. The molecule has 0 spiro atoms. The molecule has 1 fully saturated rings. The number of likely N-dealkylation sites (tertiary alicyclic amines) is 1. The van der Waals surface area contributed by atoms with Crippen molar-refractivity contribution in [2.24, 2.45) is 11.5 Å². The van der Waals surface area contributed by atoms with Gasteiger partial charge in [-0.2, -0.15) is 0 Å². The third-order valence-electron chi connectivity index (χ3n) is 4.84. The molecule has 1 aromatic carbocycles. The number of thiophene rings is 1. The summed E-state index contributed by atoms with van der Waals surface area (Å²) in [6.45, 7) is 0.698. The molecular formula is C20H23FN4O5S. The fourth-order valence-electron chi connectivity index (χ4n) is 3.32. The van der Waals surface area contributed by atoms with Crippen molar-refractivity contribution in [3.8, 4) is 16.2 Å². The third kappa shape index (κ3) is 5.43. The van der Waals surface area contributed by atoms with Gasteiger partial charge in [0.15, 0.2) is 11.6 Å². The zero-order valence-corrected chi connectivity index (χ0v) is 17.7. The first-order valence-corrected chi connectivity index (χ1v) is 10.4. The van der Waals surface area contributed by atoms with Crippen LogP contribution in [0.15, 0.2) is 24.3 Å². The third-order valence-corrected chi connectivity index (χ3v) is 5.94. The van der Waals surface area contributed by atoms with Crippen LogP contribution in [0.1, 0.15) is 29.6 Å². The van der Waals surface area contributed by atoms with Gasteiger partial charge in [0.2, 0.25) is 0 Å². The minimum atomic E-state index is -0.849. The van der Waals surface area contributed by atoms with Gasteiger partial charge in [0.1, 0.15) is 11.1 Å². The number of primary amides is 2. The van der Waals surface area contributed by atoms with E-state index in [4.69, 9.17) is 20.9 Å². The van der Waals surface area contributed by atoms with Crippen molar-refractivity contribution in [1.82, 2.24) is 4.90 Å². The Morgan fingerprint density at radius 3 is 2.65 bits per heavy atom. The monoisotopic (exact) mass is 450 g/mol. The molecule has 5 N–H and O–H groups in total. The molecule has 1 saturated heterocycles. The van der Waals surface area contributed by atoms with Gasteiger partial charge in [-0.05, 0) is 49.1 Å². The van der Waals surface area contributed by atoms with Crippen LogP contribution in [0.4, 0.5) is 19.0 Å². The topological polar surface area (TPSA) is 137 Å². The molecule has 0 saturated carbocycles. The van der Waals surface area contributed by atoms with Crippen LogP contribution in [0.3, 0.4) is 0 Å². The van der Waals surface area contributed by atoms with Crippen molar-refractivity contribution >= 4 is 34.4 Å². The predicted octanol–water partition coefficient (Wildman–Crippen LogP) is 3.14. The van der Waals surface area contributed by atoms with E-state index in [-0.39, 0.29) is 22.9 Å². The summed E-state index contributed by atoms with van der Waals surface area (Å²) in [5.74, 6) is -1.16. The van der Waals surface area contributed by atoms with E-state index in [1.165, 1.54) is 30.2 Å². The fourth-order valence-corrected chi connectivity index (χ4v) is 4.37. The molecule has 4 amide bonds. The molecule has 0 bridgehead atoms. The van der Waals surface area contributed by atoms with Crippen molar-refractivity contribution in [3.05, 3.63) is 35.6 Å². The highest BCUT2D eigenvalue weighted by Crippen LogP contribution is 2.37. The molecule has 2 aromatic rings. The molecule has 3 rings (SSSR count). The lowest BCUT2D eigenvalue weighted by Gasteiger charge is -2.22. The van der Waals surface area contributed by atoms with Gasteiger partial charge < -0.3 is 25.8 Å². The van der Waals surface area contributed by atoms with E-state index in [0.29, 0.717) is 23.4 Å². The molecule has 9 nitrogen and oxygen atoms in total. The van der Waals surface area contributed by atoms with Crippen LogP contribution in [0.2, 0.25) is 0 Å². The van der Waals surface area contributed by atoms with Gasteiger partial charge in [0.25, 0.3) is 0 Å². The quantitative estimate of drug-likeness (QED) is 0.601. The lowest BCUT2D eigenvalue weighted by molar-refractivity contribution is 0.0242. The number of carbonyl (C=O) groups excluding carboxylic acids is 3. The van der Waals surface area contributed by atoms with Crippen molar-refractivity contribution < 1.29 is 28.2 Å². The van der Waals surface area contributed by atoms with E-state index in [9.17, 15) is 18.8 Å². The van der Waals surface area contributed by atoms with Gasteiger partial charge in [-0.3, -0.25) is 5.32 Å². The maximum absolute atomic E-state index is 14.1. The zero-order chi connectivity index (χ0) is 22.5. The van der Waals surface area contributed by atoms with Crippen molar-refractivity contribution in [1.29, 1.82) is 0 Å². The second kappa shape index (κ2) is 9.65. The lowest BCUT2D eigenvalue weighted by Crippen LogP contribution is -2.41. The second-order valence-electron chi connectivity index (χ2n) is 7.00. The van der Waals surface area contributed by atoms with Crippen molar-refractivity contribution in [3.63, 3.8) is 0 Å². The number of urea groups is 2. The molecule has 166 valence electrons. The van der Waals surface area contributed by atoms with Crippen LogP contribution in [0.25, 0.3) is 10.4 Å². The highest BCUT2D eigenvalue weighted by molar-refractivity contribution is 7.20. The standard InChI is InChI=1S/C20H23FN4O5S/c1-29-15-6-5-11(8-14(15)21)16-9-13(17(31-16)24-19(22)27)18(26)30-12-4-2-3-7-25(10-12)20(23)28/h5-6,8-9,12H,2-4,7,10H2,1H3,(H2,23,28)(H3,22,24,27). The smallest absolute Gasteiger partial charge is 0.341 e. The summed E-state index contributed by atoms with van der Waals surface area (Å²) < 4.78 is 24.6. The lowest BCUT2D eigenvalue weighted by atomic mass is 10.1. The zero-order valence-electron chi connectivity index (χ0n) is 16.9. The number of halogens is 1. The Bertz CT molecular complexity index is 996. The number of esters is 1. The molecule has 1 aliphatic heterocycles. The van der Waals surface area contributed by atoms with E-state index in [1.807, 2.05) is 0 Å². The van der Waals surface area contributed by atoms with Crippen LogP contribution in [0.5, 0.6) is 5.75 Å². The average molecular weight is 450 g/mol. The Hall–Kier alpha value is -3.34. The summed E-state index contributed by atoms with van der Waals surface area (Å²) in [4.78, 5) is 37.8. The highest BCUT2D eigenvalue weighted by atomic mass is 32.1. The molecule has 1 aromatic heterocycles. The summed E-state index contributed by atoms with van der Waals surface area (Å²) in [7, 11) is 1.36. The summed E-state index contributed by atoms with van der Waals surface area (Å²) in [6, 6.07) is 4.45. The second-order valence-corrected chi connectivity index (χ2v) is 8.05. The molecule has 0 aliphatic carbocycles. The number of rotatable bonds is 5. The molecule has 2 heterocycles. The average Bonchev–Trinajstić information content (AvgIpc) is 2.97. The number of hydrogen-bond acceptors (Lipinski definition) is 6. The van der Waals surface area contributed by atoms with E-state index in [0.717, 1.165) is 24.2 Å². The maximum Gasteiger partial charge on any atom is 0.341 e. The van der Waals surface area contributed by atoms with Crippen LogP contribution in [-0.4, -0.2) is 49.2 Å². The SMILES string of the molecule is COc1ccc(-c2cc(C(=O)OC3CCCCN(C(N)=O)C3)c(NC(N)=O)s2)cc1F. The highest BCUT2D eigenvalue weighted by Gasteiger charge is 2.26. The number of anilines is 1. The first-order valence-electron chi connectivity index (χ1n) is 9.58. The van der Waals surface area contributed by atoms with Gasteiger partial charge >= 0.3 is 18.0 Å². The Kier molecular flexibility index (Phi) is 6.95. The number of ether oxygens (including phenoxy) is 2. The Balaban J connectivity index is 1.86. The normalized spacial score (nSPS) is 16.3. The fraction of sp³-hybridized carbons (Fsp3) is 0.350. The van der Waals surface area contributed by atoms with E-state index < -0.39 is 30.0 Å². The van der Waals surface area contributed by atoms with Crippen molar-refractivity contribution in [2.75, 3.05) is 25.5 Å². The summed E-state index contributed by atoms with van der Waals surface area (Å²) in [5, 5.41) is 2.60. The number of hydrogen-bond donors (Lipinski definition) is 3. The van der Waals surface area contributed by atoms with E-state index in [1.54, 1.807) is 6.07 Å². The number of benzene rings is 1. The number of carbonyl (C=O) groups is 3. The van der Waals surface area contributed by atoms with E-state index >= 15 is 0 Å². The minimum absolute atomic E-state index is 0.0859. The molecule has 31 heavy (non-hydrogen) atoms. The van der Waals surface area contributed by atoms with Gasteiger partial charge in [0.05, 0.1) is 19.2 Å². The van der Waals surface area contributed by atoms with Gasteiger partial charge in [-0.25, -0.2) is 18.8 Å². The molecule has 1 unspecified atom stereocenters. The van der Waals surface area contributed by atoms with Crippen LogP contribution >= 0.6 is 11.3 Å². The van der Waals surface area contributed by atoms with Crippen molar-refractivity contribution in [2.45, 2.75) is 25.4 Å². The first-order chi connectivity index (χ1) is 14.8. The molecule has 1 atom stereocenters. The number of nitrogens with zero attached hydrogens (tertiary/aromatic N) is 1. The first kappa shape index (κ1) is 22.3. The Morgan fingerprint density at radius 2 is 2.00 bits per heavy atom. The van der Waals surface area contributed by atoms with Crippen LogP contribution < -0.4 is 21.5 Å². The Morgan fingerprint density at radius 1 is 1.23 bits per heavy atom. The molecule has 0 radical (unpaired) electrons. The molecule has 11 heteroatoms. The number of nitrogens with two attached hydrogens (primary N) is 2. The maximum atomic E-state index is 14.1. The molecular weight excluding hydrogens is 427 g/mol. The number of amides is 4. The summed E-state index contributed by atoms with van der Waals surface area (Å²) >= 11 is 1.06. The largest absolute Gasteiger partial charge is 0.494 e. The predicted molar refractivity (Wildman–Crippen MR) is 114 cm³/mol. The summed E-state index contributed by atoms with van der Waals surface area (Å²) in [5.41, 5.74) is 11.2. The van der Waals surface area contributed by atoms with Gasteiger partial charge in [-0.15, -0.1) is 11.3 Å². The van der Waals surface area contributed by atoms with E-state index in [2.05, 4.69) is 5.32 Å². The van der Waals surface area contributed by atoms with Gasteiger partial charge in [0, 0.05) is 11.4 Å². The summed E-state index contributed by atoms with van der Waals surface area (Å²) in [6.07, 6.45) is 1.57. The van der Waals surface area contributed by atoms with Crippen LogP contribution in [0, 0.1) is 5.82 Å². The number of methoxy groups -OCH3 is 1.